The quantitative estimate of drug-likeness (QED) is 0.568. The van der Waals surface area contributed by atoms with Crippen molar-refractivity contribution in [1.29, 1.82) is 0 Å². The Bertz CT molecular complexity index is 201. The lowest BCUT2D eigenvalue weighted by Crippen LogP contribution is -2.40. The molecule has 0 aromatic rings. The summed E-state index contributed by atoms with van der Waals surface area (Å²) >= 11 is 0. The van der Waals surface area contributed by atoms with E-state index in [-0.39, 0.29) is 0 Å². The minimum Gasteiger partial charge on any atom is -0.0688 e. The number of hydrogen-bond donors (Lipinski definition) is 0. The van der Waals surface area contributed by atoms with Crippen molar-refractivity contribution in [2.75, 3.05) is 0 Å². The van der Waals surface area contributed by atoms with Gasteiger partial charge in [0.05, 0.1) is 0 Å². The molecule has 2 rings (SSSR count). The van der Waals surface area contributed by atoms with E-state index in [4.69, 9.17) is 0 Å². The zero-order valence-corrected chi connectivity index (χ0v) is 11.7. The Balaban J connectivity index is 2.06. The van der Waals surface area contributed by atoms with Gasteiger partial charge in [-0.25, -0.2) is 0 Å². The van der Waals surface area contributed by atoms with E-state index in [0.29, 0.717) is 0 Å². The van der Waals surface area contributed by atoms with Crippen LogP contribution in [0.2, 0.25) is 17.5 Å². The van der Waals surface area contributed by atoms with Crippen molar-refractivity contribution >= 4 is 6.71 Å². The van der Waals surface area contributed by atoms with E-state index >= 15 is 0 Å². The van der Waals surface area contributed by atoms with Gasteiger partial charge in [-0.1, -0.05) is 83.7 Å². The van der Waals surface area contributed by atoms with Crippen molar-refractivity contribution in [3.63, 3.8) is 0 Å². The van der Waals surface area contributed by atoms with Crippen LogP contribution in [0.1, 0.15) is 66.2 Å². The average molecular weight is 220 g/mol. The van der Waals surface area contributed by atoms with Gasteiger partial charge >= 0.3 is 0 Å². The van der Waals surface area contributed by atoms with Gasteiger partial charge in [-0.05, 0) is 11.8 Å². The van der Waals surface area contributed by atoms with Crippen LogP contribution in [0.4, 0.5) is 0 Å². The zero-order chi connectivity index (χ0) is 11.7. The Labute approximate surface area is 103 Å². The average Bonchev–Trinajstić information content (AvgIpc) is 2.25. The molecule has 0 aromatic carbocycles. The summed E-state index contributed by atoms with van der Waals surface area (Å²) in [4.78, 5) is 0. The van der Waals surface area contributed by atoms with Crippen LogP contribution in [0.15, 0.2) is 0 Å². The molecule has 0 N–H and O–H groups in total. The Morgan fingerprint density at radius 3 is 1.62 bits per heavy atom. The van der Waals surface area contributed by atoms with E-state index in [2.05, 4.69) is 27.7 Å². The molecule has 2 heterocycles. The Hall–Kier alpha value is 0.0649. The molecule has 0 amide bonds. The molecule has 0 aliphatic carbocycles. The largest absolute Gasteiger partial charge is 0.149 e. The molecule has 0 aromatic heterocycles. The molecule has 92 valence electrons. The lowest BCUT2D eigenvalue weighted by atomic mass is 9.21. The third kappa shape index (κ3) is 2.34. The SMILES string of the molecule is CC(C)C(C)C(C)B1C2CCCC1CCC2. The van der Waals surface area contributed by atoms with Crippen LogP contribution >= 0.6 is 0 Å². The molecule has 0 nitrogen and oxygen atoms in total. The molecule has 2 fully saturated rings. The molecule has 16 heavy (non-hydrogen) atoms. The van der Waals surface area contributed by atoms with Gasteiger partial charge in [0.1, 0.15) is 6.71 Å². The maximum absolute atomic E-state index is 2.55. The first-order valence-corrected chi connectivity index (χ1v) is 7.61. The second-order valence-corrected chi connectivity index (χ2v) is 6.92. The fourth-order valence-electron chi connectivity index (χ4n) is 4.54. The van der Waals surface area contributed by atoms with Crippen molar-refractivity contribution < 1.29 is 0 Å². The van der Waals surface area contributed by atoms with Crippen LogP contribution in [-0.2, 0) is 0 Å². The first-order valence-electron chi connectivity index (χ1n) is 7.61. The lowest BCUT2D eigenvalue weighted by molar-refractivity contribution is 0.372. The van der Waals surface area contributed by atoms with Crippen molar-refractivity contribution in [2.24, 2.45) is 11.8 Å². The van der Waals surface area contributed by atoms with Gasteiger partial charge in [-0.15, -0.1) is 0 Å². The van der Waals surface area contributed by atoms with Gasteiger partial charge < -0.3 is 0 Å². The van der Waals surface area contributed by atoms with Crippen LogP contribution < -0.4 is 0 Å². The van der Waals surface area contributed by atoms with E-state index in [1.54, 1.807) is 0 Å². The van der Waals surface area contributed by atoms with Crippen LogP contribution in [-0.4, -0.2) is 6.71 Å². The monoisotopic (exact) mass is 220 g/mol. The highest BCUT2D eigenvalue weighted by Gasteiger charge is 2.43. The van der Waals surface area contributed by atoms with Crippen molar-refractivity contribution in [3.05, 3.63) is 0 Å². The zero-order valence-electron chi connectivity index (χ0n) is 11.7. The fraction of sp³-hybridized carbons (Fsp3) is 1.00. The summed E-state index contributed by atoms with van der Waals surface area (Å²) in [6, 6.07) is 0. The standard InChI is InChI=1S/C15H29B/c1-11(2)12(3)13(4)16-14-7-5-8-15(16)10-6-9-14/h11-15H,5-10H2,1-4H3. The van der Waals surface area contributed by atoms with E-state index < -0.39 is 0 Å². The molecule has 2 aliphatic rings. The predicted octanol–water partition coefficient (Wildman–Crippen LogP) is 5.27. The number of rotatable bonds is 3. The van der Waals surface area contributed by atoms with Crippen LogP contribution in [0, 0.1) is 11.8 Å². The van der Waals surface area contributed by atoms with Gasteiger partial charge in [0.15, 0.2) is 0 Å². The maximum atomic E-state index is 2.55. The maximum Gasteiger partial charge on any atom is 0.149 e. The van der Waals surface area contributed by atoms with E-state index in [1.807, 2.05) is 0 Å². The minimum absolute atomic E-state index is 0.859. The van der Waals surface area contributed by atoms with Crippen LogP contribution in [0.25, 0.3) is 0 Å². The summed E-state index contributed by atoms with van der Waals surface area (Å²) in [5, 5.41) is 0. The summed E-state index contributed by atoms with van der Waals surface area (Å²) in [5.74, 6) is 4.90. The molecule has 1 heteroatoms. The third-order valence-corrected chi connectivity index (χ3v) is 5.88. The molecule has 2 unspecified atom stereocenters. The topological polar surface area (TPSA) is 0 Å². The Morgan fingerprint density at radius 1 is 0.812 bits per heavy atom. The van der Waals surface area contributed by atoms with Crippen molar-refractivity contribution in [2.45, 2.75) is 83.7 Å². The molecular formula is C15H29B. The van der Waals surface area contributed by atoms with Crippen LogP contribution in [0.5, 0.6) is 0 Å². The second-order valence-electron chi connectivity index (χ2n) is 6.92. The summed E-state index contributed by atoms with van der Waals surface area (Å²) in [7, 11) is 0. The molecular weight excluding hydrogens is 191 g/mol. The number of hydrogen-bond acceptors (Lipinski definition) is 0. The molecule has 2 atom stereocenters. The minimum atomic E-state index is 0.859. The van der Waals surface area contributed by atoms with E-state index in [0.717, 1.165) is 36.0 Å². The third-order valence-electron chi connectivity index (χ3n) is 5.88. The summed E-state index contributed by atoms with van der Waals surface area (Å²) in [6.07, 6.45) is 9.20. The van der Waals surface area contributed by atoms with Gasteiger partial charge in [-0.2, -0.15) is 0 Å². The predicted molar refractivity (Wildman–Crippen MR) is 74.4 cm³/mol. The molecule has 0 spiro atoms. The van der Waals surface area contributed by atoms with Gasteiger partial charge in [0.25, 0.3) is 0 Å². The fourth-order valence-corrected chi connectivity index (χ4v) is 4.54. The first kappa shape index (κ1) is 12.5. The number of fused-ring (bicyclic) bond motifs is 2. The highest BCUT2D eigenvalue weighted by molar-refractivity contribution is 6.64. The van der Waals surface area contributed by atoms with Crippen LogP contribution in [0.3, 0.4) is 0 Å². The summed E-state index contributed by atoms with van der Waals surface area (Å²) in [6.45, 7) is 10.9. The molecule has 2 saturated heterocycles. The lowest BCUT2D eigenvalue weighted by Gasteiger charge is -2.45. The van der Waals surface area contributed by atoms with Crippen molar-refractivity contribution in [1.82, 2.24) is 0 Å². The summed E-state index contributed by atoms with van der Waals surface area (Å²) < 4.78 is 0. The molecule has 2 bridgehead atoms. The smallest absolute Gasteiger partial charge is 0.0688 e. The summed E-state index contributed by atoms with van der Waals surface area (Å²) in [5.41, 5.74) is 0. The van der Waals surface area contributed by atoms with Crippen molar-refractivity contribution in [3.8, 4) is 0 Å². The van der Waals surface area contributed by atoms with E-state index in [9.17, 15) is 0 Å². The van der Waals surface area contributed by atoms with Gasteiger partial charge in [0.2, 0.25) is 0 Å². The molecule has 0 radical (unpaired) electrons. The Morgan fingerprint density at radius 2 is 1.25 bits per heavy atom. The molecule has 2 aliphatic heterocycles. The molecule has 0 saturated carbocycles. The normalized spacial score (nSPS) is 33.9. The van der Waals surface area contributed by atoms with E-state index in [1.165, 1.54) is 38.5 Å². The highest BCUT2D eigenvalue weighted by atomic mass is 14.3. The Kier molecular flexibility index (Phi) is 4.03. The van der Waals surface area contributed by atoms with Gasteiger partial charge in [0, 0.05) is 0 Å². The first-order chi connectivity index (χ1) is 7.61. The van der Waals surface area contributed by atoms with Gasteiger partial charge in [-0.3, -0.25) is 0 Å². The second kappa shape index (κ2) is 5.15. The highest BCUT2D eigenvalue weighted by Crippen LogP contribution is 2.52.